The topological polar surface area (TPSA) is 203 Å². The van der Waals surface area contributed by atoms with Crippen LogP contribution in [0.5, 0.6) is 0 Å². The third kappa shape index (κ3) is 5.11. The molecule has 14 heteroatoms. The normalized spacial score (nSPS) is 35.5. The van der Waals surface area contributed by atoms with Gasteiger partial charge in [-0.05, 0) is 0 Å². The Morgan fingerprint density at radius 2 is 1.55 bits per heavy atom. The first-order valence-electron chi connectivity index (χ1n) is 5.00. The van der Waals surface area contributed by atoms with Crippen LogP contribution in [0.4, 0.5) is 0 Å². The van der Waals surface area contributed by atoms with Gasteiger partial charge in [-0.1, -0.05) is 0 Å². The van der Waals surface area contributed by atoms with Crippen molar-refractivity contribution in [1.82, 2.24) is 0 Å². The second-order valence-corrected chi connectivity index (χ2v) is 6.47. The summed E-state index contributed by atoms with van der Waals surface area (Å²) in [5, 5.41) is 28.8. The fraction of sp³-hybridized carbons (Fsp3) is 1.00. The van der Waals surface area contributed by atoms with Crippen LogP contribution in [-0.2, 0) is 22.9 Å². The zero-order valence-corrected chi connectivity index (χ0v) is 11.5. The summed E-state index contributed by atoms with van der Waals surface area (Å²) in [6, 6.07) is 0. The highest BCUT2D eigenvalue weighted by atomic mass is 31.2. The summed E-state index contributed by atoms with van der Waals surface area (Å²) in [6.45, 7) is -2.05. The summed E-state index contributed by atoms with van der Waals surface area (Å²) in [4.78, 5) is 33.9. The molecule has 0 aromatic heterocycles. The van der Waals surface area contributed by atoms with Gasteiger partial charge in [-0.3, -0.25) is 9.05 Å². The van der Waals surface area contributed by atoms with Crippen molar-refractivity contribution in [3.8, 4) is 0 Å². The Morgan fingerprint density at radius 1 is 1.05 bits per heavy atom. The Bertz CT molecular complexity index is 428. The van der Waals surface area contributed by atoms with Crippen LogP contribution in [0, 0.1) is 0 Å². The van der Waals surface area contributed by atoms with Crippen molar-refractivity contribution in [3.63, 3.8) is 0 Å². The molecule has 12 nitrogen and oxygen atoms in total. The molecule has 0 aromatic rings. The summed E-state index contributed by atoms with van der Waals surface area (Å²) in [6.07, 6.45) is -5.38. The molecular weight excluding hydrogens is 326 g/mol. The zero-order valence-electron chi connectivity index (χ0n) is 9.71. The summed E-state index contributed by atoms with van der Waals surface area (Å²) in [5.74, 6) is -2.66. The fourth-order valence-electron chi connectivity index (χ4n) is 1.47. The van der Waals surface area contributed by atoms with Gasteiger partial charge in [0.1, 0.15) is 24.9 Å². The standard InChI is InChI=1S/C6H14O12P2/c7-4-3(1-16-19(10,11)12)18-6(9,5(4)8)2-17-20(13,14)15/h3-5,7-9H,1-2H2,(H2,10,11,12)(H2,13,14,15)/t3-,4-,5+,6+/m0/s1. The van der Waals surface area contributed by atoms with Crippen molar-refractivity contribution in [3.05, 3.63) is 0 Å². The van der Waals surface area contributed by atoms with E-state index < -0.39 is 53.0 Å². The molecule has 0 aromatic carbocycles. The molecule has 0 radical (unpaired) electrons. The molecule has 1 saturated heterocycles. The van der Waals surface area contributed by atoms with E-state index in [2.05, 4.69) is 13.8 Å². The predicted molar refractivity (Wildman–Crippen MR) is 57.8 cm³/mol. The molecule has 0 amide bonds. The minimum atomic E-state index is -4.96. The Morgan fingerprint density at radius 3 is 2.00 bits per heavy atom. The number of hydrogen-bond donors (Lipinski definition) is 7. The lowest BCUT2D eigenvalue weighted by molar-refractivity contribution is -0.245. The molecule has 1 fully saturated rings. The highest BCUT2D eigenvalue weighted by molar-refractivity contribution is 7.46. The number of ether oxygens (including phenoxy) is 1. The lowest BCUT2D eigenvalue weighted by Crippen LogP contribution is -2.46. The Balaban J connectivity index is 2.67. The quantitative estimate of drug-likeness (QED) is 0.242. The average Bonchev–Trinajstić information content (AvgIpc) is 2.48. The molecule has 0 unspecified atom stereocenters. The van der Waals surface area contributed by atoms with Gasteiger partial charge < -0.3 is 39.6 Å². The molecule has 1 aliphatic heterocycles. The number of rotatable bonds is 6. The first-order valence-corrected chi connectivity index (χ1v) is 8.07. The van der Waals surface area contributed by atoms with Crippen molar-refractivity contribution in [2.24, 2.45) is 0 Å². The molecule has 20 heavy (non-hydrogen) atoms. The molecule has 120 valence electrons. The van der Waals surface area contributed by atoms with Gasteiger partial charge in [0.2, 0.25) is 5.79 Å². The van der Waals surface area contributed by atoms with Crippen LogP contribution >= 0.6 is 15.6 Å². The van der Waals surface area contributed by atoms with Crippen LogP contribution in [0.25, 0.3) is 0 Å². The number of phosphoric acid groups is 2. The van der Waals surface area contributed by atoms with Crippen LogP contribution < -0.4 is 0 Å². The van der Waals surface area contributed by atoms with Gasteiger partial charge in [0.25, 0.3) is 0 Å². The monoisotopic (exact) mass is 340 g/mol. The highest BCUT2D eigenvalue weighted by Crippen LogP contribution is 2.41. The average molecular weight is 340 g/mol. The summed E-state index contributed by atoms with van der Waals surface area (Å²) in [5.41, 5.74) is 0. The molecule has 1 rings (SSSR count). The minimum Gasteiger partial charge on any atom is -0.387 e. The number of phosphoric ester groups is 2. The van der Waals surface area contributed by atoms with E-state index in [1.807, 2.05) is 0 Å². The zero-order chi connectivity index (χ0) is 15.8. The van der Waals surface area contributed by atoms with Crippen molar-refractivity contribution in [2.75, 3.05) is 13.2 Å². The van der Waals surface area contributed by atoms with E-state index >= 15 is 0 Å². The van der Waals surface area contributed by atoms with Gasteiger partial charge in [0, 0.05) is 0 Å². The number of aliphatic hydroxyl groups excluding tert-OH is 2. The van der Waals surface area contributed by atoms with Crippen LogP contribution in [0.1, 0.15) is 0 Å². The lowest BCUT2D eigenvalue weighted by Gasteiger charge is -2.25. The molecule has 4 atom stereocenters. The maximum atomic E-state index is 10.5. The van der Waals surface area contributed by atoms with Gasteiger partial charge >= 0.3 is 15.6 Å². The molecule has 1 aliphatic rings. The second-order valence-electron chi connectivity index (χ2n) is 3.99. The van der Waals surface area contributed by atoms with E-state index in [0.29, 0.717) is 0 Å². The van der Waals surface area contributed by atoms with Crippen molar-refractivity contribution < 1.29 is 57.8 Å². The van der Waals surface area contributed by atoms with Gasteiger partial charge in [0.15, 0.2) is 0 Å². The third-order valence-electron chi connectivity index (χ3n) is 2.37. The first-order chi connectivity index (χ1) is 8.84. The maximum absolute atomic E-state index is 10.5. The van der Waals surface area contributed by atoms with E-state index in [-0.39, 0.29) is 0 Å². The predicted octanol–water partition coefficient (Wildman–Crippen LogP) is -2.99. The van der Waals surface area contributed by atoms with Crippen molar-refractivity contribution in [1.29, 1.82) is 0 Å². The molecule has 0 aliphatic carbocycles. The van der Waals surface area contributed by atoms with Crippen LogP contribution in [0.15, 0.2) is 0 Å². The third-order valence-corrected chi connectivity index (χ3v) is 3.32. The summed E-state index contributed by atoms with van der Waals surface area (Å²) in [7, 11) is -9.82. The fourth-order valence-corrected chi connectivity index (χ4v) is 2.17. The first kappa shape index (κ1) is 18.1. The van der Waals surface area contributed by atoms with E-state index in [1.54, 1.807) is 0 Å². The van der Waals surface area contributed by atoms with Gasteiger partial charge in [-0.2, -0.15) is 0 Å². The van der Waals surface area contributed by atoms with Crippen LogP contribution in [0.2, 0.25) is 0 Å². The minimum absolute atomic E-state index is 0.874. The van der Waals surface area contributed by atoms with Crippen molar-refractivity contribution >= 4 is 15.6 Å². The van der Waals surface area contributed by atoms with Crippen LogP contribution in [-0.4, -0.2) is 72.2 Å². The smallest absolute Gasteiger partial charge is 0.387 e. The van der Waals surface area contributed by atoms with Crippen LogP contribution in [0.3, 0.4) is 0 Å². The SMILES string of the molecule is O=P(O)(O)OC[C@@H]1O[C@](O)(COP(=O)(O)O)[C@H](O)[C@H]1O. The van der Waals surface area contributed by atoms with E-state index in [4.69, 9.17) is 19.6 Å². The van der Waals surface area contributed by atoms with E-state index in [0.717, 1.165) is 0 Å². The largest absolute Gasteiger partial charge is 0.469 e. The summed E-state index contributed by atoms with van der Waals surface area (Å²) >= 11 is 0. The second kappa shape index (κ2) is 6.05. The van der Waals surface area contributed by atoms with E-state index in [9.17, 15) is 24.4 Å². The van der Waals surface area contributed by atoms with Gasteiger partial charge in [0.05, 0.1) is 6.61 Å². The molecule has 7 N–H and O–H groups in total. The van der Waals surface area contributed by atoms with E-state index in [1.165, 1.54) is 0 Å². The number of aliphatic hydroxyl groups is 3. The summed E-state index contributed by atoms with van der Waals surface area (Å²) < 4.78 is 33.6. The van der Waals surface area contributed by atoms with Gasteiger partial charge in [-0.15, -0.1) is 0 Å². The van der Waals surface area contributed by atoms with Crippen molar-refractivity contribution in [2.45, 2.75) is 24.1 Å². The Kier molecular flexibility index (Phi) is 5.48. The maximum Gasteiger partial charge on any atom is 0.469 e. The Hall–Kier alpha value is 0.0600. The molecule has 0 spiro atoms. The molecule has 1 heterocycles. The molecular formula is C6H14O12P2. The van der Waals surface area contributed by atoms with Gasteiger partial charge in [-0.25, -0.2) is 9.13 Å². The number of hydrogen-bond acceptors (Lipinski definition) is 8. The Labute approximate surface area is 112 Å². The lowest BCUT2D eigenvalue weighted by atomic mass is 10.1. The molecule has 0 bridgehead atoms. The molecule has 0 saturated carbocycles. The highest BCUT2D eigenvalue weighted by Gasteiger charge is 2.54.